The summed E-state index contributed by atoms with van der Waals surface area (Å²) in [5, 5.41) is 0.682. The average molecular weight is 197 g/mol. The van der Waals surface area contributed by atoms with Gasteiger partial charge in [0.1, 0.15) is 6.33 Å². The molecule has 2 nitrogen and oxygen atoms in total. The summed E-state index contributed by atoms with van der Waals surface area (Å²) in [5.74, 6) is 5.72. The Morgan fingerprint density at radius 2 is 2.10 bits per heavy atom. The molecule has 3 heteroatoms. The number of hydrogen-bond acceptors (Lipinski definition) is 2. The molecule has 10 heavy (non-hydrogen) atoms. The fourth-order valence-corrected chi connectivity index (χ4v) is 0.639. The molecule has 0 saturated carbocycles. The molecule has 0 bridgehead atoms. The lowest BCUT2D eigenvalue weighted by Gasteiger charge is -1.82. The molecule has 0 saturated heterocycles. The van der Waals surface area contributed by atoms with Crippen molar-refractivity contribution in [3.8, 4) is 11.8 Å². The maximum Gasteiger partial charge on any atom is 0.115 e. The average Bonchev–Trinajstić information content (AvgIpc) is 2.03. The minimum absolute atomic E-state index is 0.682. The highest BCUT2D eigenvalue weighted by Crippen LogP contribution is 1.88. The van der Waals surface area contributed by atoms with Gasteiger partial charge in [0.2, 0.25) is 0 Å². The Hall–Kier alpha value is -0.880. The molecule has 0 fully saturated rings. The van der Waals surface area contributed by atoms with Crippen LogP contribution in [-0.2, 0) is 0 Å². The summed E-state index contributed by atoms with van der Waals surface area (Å²) in [7, 11) is 0. The lowest BCUT2D eigenvalue weighted by Crippen LogP contribution is -1.79. The second-order valence-corrected chi connectivity index (χ2v) is 2.12. The van der Waals surface area contributed by atoms with Gasteiger partial charge in [-0.05, 0) is 0 Å². The van der Waals surface area contributed by atoms with Gasteiger partial charge in [-0.3, -0.25) is 0 Å². The third-order valence-electron chi connectivity index (χ3n) is 0.860. The molecule has 0 aliphatic carbocycles. The van der Waals surface area contributed by atoms with Gasteiger partial charge in [0.25, 0.3) is 0 Å². The number of halogens is 1. The SMILES string of the molecule is BrCC#Cc1cncnc1. The summed E-state index contributed by atoms with van der Waals surface area (Å²) in [6.45, 7) is 0. The maximum absolute atomic E-state index is 3.81. The van der Waals surface area contributed by atoms with Crippen LogP contribution in [0, 0.1) is 11.8 Å². The normalized spacial score (nSPS) is 8.10. The van der Waals surface area contributed by atoms with Gasteiger partial charge in [-0.1, -0.05) is 27.8 Å². The highest BCUT2D eigenvalue weighted by atomic mass is 79.9. The molecule has 0 unspecified atom stereocenters. The smallest absolute Gasteiger partial charge is 0.115 e. The van der Waals surface area contributed by atoms with Crippen molar-refractivity contribution in [1.29, 1.82) is 0 Å². The van der Waals surface area contributed by atoms with E-state index in [-0.39, 0.29) is 0 Å². The Bertz CT molecular complexity index is 247. The monoisotopic (exact) mass is 196 g/mol. The molecule has 1 aromatic rings. The van der Waals surface area contributed by atoms with Crippen LogP contribution in [0.4, 0.5) is 0 Å². The van der Waals surface area contributed by atoms with Crippen molar-refractivity contribution in [2.24, 2.45) is 0 Å². The topological polar surface area (TPSA) is 25.8 Å². The third kappa shape index (κ3) is 2.16. The minimum Gasteiger partial charge on any atom is -0.244 e. The molecule has 0 aromatic carbocycles. The molecule has 0 aliphatic heterocycles. The van der Waals surface area contributed by atoms with Crippen LogP contribution in [0.3, 0.4) is 0 Å². The second-order valence-electron chi connectivity index (χ2n) is 1.56. The van der Waals surface area contributed by atoms with E-state index in [1.165, 1.54) is 6.33 Å². The molecule has 0 radical (unpaired) electrons. The molecular weight excluding hydrogens is 192 g/mol. The van der Waals surface area contributed by atoms with Crippen molar-refractivity contribution in [3.63, 3.8) is 0 Å². The van der Waals surface area contributed by atoms with E-state index in [9.17, 15) is 0 Å². The number of hydrogen-bond donors (Lipinski definition) is 0. The highest BCUT2D eigenvalue weighted by Gasteiger charge is 1.80. The zero-order valence-electron chi connectivity index (χ0n) is 5.21. The van der Waals surface area contributed by atoms with E-state index in [1.54, 1.807) is 12.4 Å². The van der Waals surface area contributed by atoms with Crippen LogP contribution in [-0.4, -0.2) is 15.3 Å². The first-order valence-electron chi connectivity index (χ1n) is 2.73. The molecule has 0 spiro atoms. The molecular formula is C7H5BrN2. The molecule has 0 N–H and O–H groups in total. The molecule has 1 heterocycles. The molecule has 1 rings (SSSR count). The van der Waals surface area contributed by atoms with Crippen LogP contribution in [0.25, 0.3) is 0 Å². The van der Waals surface area contributed by atoms with E-state index < -0.39 is 0 Å². The van der Waals surface area contributed by atoms with Gasteiger partial charge in [-0.25, -0.2) is 9.97 Å². The summed E-state index contributed by atoms with van der Waals surface area (Å²) in [5.41, 5.74) is 0.849. The van der Waals surface area contributed by atoms with Crippen LogP contribution in [0.5, 0.6) is 0 Å². The van der Waals surface area contributed by atoms with Crippen LogP contribution in [0.2, 0.25) is 0 Å². The van der Waals surface area contributed by atoms with Crippen molar-refractivity contribution in [2.75, 3.05) is 5.33 Å². The number of alkyl halides is 1. The quantitative estimate of drug-likeness (QED) is 0.461. The zero-order chi connectivity index (χ0) is 7.23. The third-order valence-corrected chi connectivity index (χ3v) is 1.14. The first-order chi connectivity index (χ1) is 4.93. The first kappa shape index (κ1) is 7.23. The van der Waals surface area contributed by atoms with Crippen LogP contribution >= 0.6 is 15.9 Å². The van der Waals surface area contributed by atoms with Crippen LogP contribution in [0.15, 0.2) is 18.7 Å². The lowest BCUT2D eigenvalue weighted by atomic mass is 10.3. The summed E-state index contributed by atoms with van der Waals surface area (Å²) in [6.07, 6.45) is 4.85. The first-order valence-corrected chi connectivity index (χ1v) is 3.85. The number of rotatable bonds is 0. The summed E-state index contributed by atoms with van der Waals surface area (Å²) < 4.78 is 0. The van der Waals surface area contributed by atoms with Crippen molar-refractivity contribution < 1.29 is 0 Å². The Balaban J connectivity index is 2.76. The highest BCUT2D eigenvalue weighted by molar-refractivity contribution is 9.09. The van der Waals surface area contributed by atoms with E-state index in [2.05, 4.69) is 37.7 Å². The number of nitrogens with zero attached hydrogens (tertiary/aromatic N) is 2. The van der Waals surface area contributed by atoms with E-state index >= 15 is 0 Å². The largest absolute Gasteiger partial charge is 0.244 e. The predicted molar refractivity (Wildman–Crippen MR) is 42.7 cm³/mol. The van der Waals surface area contributed by atoms with Gasteiger partial charge in [-0.15, -0.1) is 0 Å². The zero-order valence-corrected chi connectivity index (χ0v) is 6.80. The van der Waals surface area contributed by atoms with E-state index in [0.29, 0.717) is 5.33 Å². The molecule has 0 amide bonds. The van der Waals surface area contributed by atoms with Gasteiger partial charge >= 0.3 is 0 Å². The Morgan fingerprint density at radius 3 is 2.70 bits per heavy atom. The van der Waals surface area contributed by atoms with Crippen molar-refractivity contribution in [3.05, 3.63) is 24.3 Å². The van der Waals surface area contributed by atoms with Gasteiger partial charge in [0.05, 0.1) is 10.9 Å². The van der Waals surface area contributed by atoms with Crippen molar-refractivity contribution in [2.45, 2.75) is 0 Å². The predicted octanol–water partition coefficient (Wildman–Crippen LogP) is 1.22. The van der Waals surface area contributed by atoms with E-state index in [0.717, 1.165) is 5.56 Å². The Morgan fingerprint density at radius 1 is 1.40 bits per heavy atom. The van der Waals surface area contributed by atoms with Crippen LogP contribution < -0.4 is 0 Å². The Labute approximate surface area is 67.8 Å². The molecule has 0 aliphatic rings. The van der Waals surface area contributed by atoms with E-state index in [1.807, 2.05) is 0 Å². The van der Waals surface area contributed by atoms with Crippen LogP contribution in [0.1, 0.15) is 5.56 Å². The molecule has 50 valence electrons. The van der Waals surface area contributed by atoms with Crippen molar-refractivity contribution in [1.82, 2.24) is 9.97 Å². The van der Waals surface area contributed by atoms with Gasteiger partial charge in [-0.2, -0.15) is 0 Å². The standard InChI is InChI=1S/C7H5BrN2/c8-3-1-2-7-4-9-6-10-5-7/h4-6H,3H2. The summed E-state index contributed by atoms with van der Waals surface area (Å²) in [4.78, 5) is 7.62. The lowest BCUT2D eigenvalue weighted by molar-refractivity contribution is 1.16. The Kier molecular flexibility index (Phi) is 2.91. The fraction of sp³-hybridized carbons (Fsp3) is 0.143. The molecule has 0 atom stereocenters. The summed E-state index contributed by atoms with van der Waals surface area (Å²) in [6, 6.07) is 0. The van der Waals surface area contributed by atoms with Crippen molar-refractivity contribution >= 4 is 15.9 Å². The second kappa shape index (κ2) is 4.02. The van der Waals surface area contributed by atoms with Gasteiger partial charge in [0, 0.05) is 12.4 Å². The fourth-order valence-electron chi connectivity index (χ4n) is 0.499. The van der Waals surface area contributed by atoms with Gasteiger partial charge < -0.3 is 0 Å². The maximum atomic E-state index is 3.81. The minimum atomic E-state index is 0.682. The number of aromatic nitrogens is 2. The van der Waals surface area contributed by atoms with Gasteiger partial charge in [0.15, 0.2) is 0 Å². The summed E-state index contributed by atoms with van der Waals surface area (Å²) >= 11 is 3.19. The van der Waals surface area contributed by atoms with E-state index in [4.69, 9.17) is 0 Å². The molecule has 1 aromatic heterocycles.